The zero-order valence-corrected chi connectivity index (χ0v) is 15.1. The monoisotopic (exact) mass is 380 g/mol. The number of carbonyl (C=O) groups excluding carboxylic acids is 1. The Bertz CT molecular complexity index is 1160. The normalized spacial score (nSPS) is 14.9. The molecule has 0 saturated carbocycles. The van der Waals surface area contributed by atoms with Crippen molar-refractivity contribution in [3.05, 3.63) is 35.3 Å². The number of rotatable bonds is 3. The fraction of sp³-hybridized carbons (Fsp3) is 0.222. The van der Waals surface area contributed by atoms with E-state index in [1.807, 2.05) is 18.2 Å². The van der Waals surface area contributed by atoms with Crippen LogP contribution in [0.5, 0.6) is 0 Å². The van der Waals surface area contributed by atoms with E-state index in [9.17, 15) is 4.79 Å². The summed E-state index contributed by atoms with van der Waals surface area (Å²) < 4.78 is 5.47. The van der Waals surface area contributed by atoms with Crippen molar-refractivity contribution >= 4 is 44.2 Å². The van der Waals surface area contributed by atoms with Crippen molar-refractivity contribution in [2.75, 3.05) is 31.2 Å². The van der Waals surface area contributed by atoms with Crippen LogP contribution in [0.2, 0.25) is 0 Å². The van der Waals surface area contributed by atoms with Gasteiger partial charge in [-0.2, -0.15) is 5.10 Å². The molecule has 0 radical (unpaired) electrons. The number of primary amides is 1. The molecule has 0 aliphatic carbocycles. The number of fused-ring (bicyclic) bond motifs is 2. The number of ether oxygens (including phenoxy) is 1. The summed E-state index contributed by atoms with van der Waals surface area (Å²) in [5.74, 6) is 0.959. The molecular formula is C18H16N6O2S. The fourth-order valence-corrected chi connectivity index (χ4v) is 4.21. The van der Waals surface area contributed by atoms with Gasteiger partial charge in [0, 0.05) is 24.0 Å². The van der Waals surface area contributed by atoms with Crippen LogP contribution in [0.3, 0.4) is 0 Å². The Kier molecular flexibility index (Phi) is 3.76. The summed E-state index contributed by atoms with van der Waals surface area (Å²) in [7, 11) is 0. The van der Waals surface area contributed by atoms with Crippen LogP contribution < -0.4 is 10.6 Å². The molecule has 8 nitrogen and oxygen atoms in total. The molecule has 4 aromatic rings. The molecule has 0 atom stereocenters. The van der Waals surface area contributed by atoms with Crippen molar-refractivity contribution in [3.8, 4) is 11.4 Å². The second-order valence-corrected chi connectivity index (χ2v) is 7.33. The van der Waals surface area contributed by atoms with Gasteiger partial charge in [0.1, 0.15) is 10.6 Å². The van der Waals surface area contributed by atoms with Gasteiger partial charge in [0.2, 0.25) is 0 Å². The molecule has 1 aliphatic heterocycles. The number of thiophene rings is 1. The molecule has 0 bridgehead atoms. The van der Waals surface area contributed by atoms with E-state index in [-0.39, 0.29) is 0 Å². The first kappa shape index (κ1) is 16.2. The number of aromatic nitrogens is 4. The molecule has 4 heterocycles. The number of nitrogens with zero attached hydrogens (tertiary/aromatic N) is 4. The van der Waals surface area contributed by atoms with Crippen molar-refractivity contribution in [1.29, 1.82) is 0 Å². The largest absolute Gasteiger partial charge is 0.378 e. The molecule has 0 unspecified atom stereocenters. The second-order valence-electron chi connectivity index (χ2n) is 6.30. The number of carbonyl (C=O) groups is 1. The quantitative estimate of drug-likeness (QED) is 0.564. The summed E-state index contributed by atoms with van der Waals surface area (Å²) in [6.07, 6.45) is 1.77. The lowest BCUT2D eigenvalue weighted by molar-refractivity contribution is 0.100. The number of amides is 1. The van der Waals surface area contributed by atoms with Gasteiger partial charge in [0.05, 0.1) is 35.2 Å². The number of anilines is 1. The third-order valence-electron chi connectivity index (χ3n) is 4.65. The number of benzene rings is 1. The van der Waals surface area contributed by atoms with E-state index in [4.69, 9.17) is 20.4 Å². The fourth-order valence-electron chi connectivity index (χ4n) is 3.33. The maximum Gasteiger partial charge on any atom is 0.258 e. The van der Waals surface area contributed by atoms with Crippen molar-refractivity contribution in [1.82, 2.24) is 20.2 Å². The third kappa shape index (κ3) is 2.71. The number of nitrogens with one attached hydrogen (secondary N) is 1. The minimum absolute atomic E-state index is 0.454. The minimum Gasteiger partial charge on any atom is -0.378 e. The van der Waals surface area contributed by atoms with Crippen LogP contribution >= 0.6 is 11.3 Å². The SMILES string of the molecule is NC(=O)c1cc2c(N3CCOCC3)nc(-c3cccc4[nH]ncc34)nc2s1. The standard InChI is InChI=1S/C18H16N6O2S/c19-15(25)14-8-11-17(24-4-6-26-7-5-24)21-16(22-18(11)27-14)10-2-1-3-13-12(10)9-20-23-13/h1-3,8-9H,4-7H2,(H2,19,25)(H,20,23). The maximum absolute atomic E-state index is 11.7. The van der Waals surface area contributed by atoms with Crippen molar-refractivity contribution in [3.63, 3.8) is 0 Å². The summed E-state index contributed by atoms with van der Waals surface area (Å²) in [6.45, 7) is 2.77. The first-order valence-electron chi connectivity index (χ1n) is 8.57. The average Bonchev–Trinajstić information content (AvgIpc) is 3.34. The Balaban J connectivity index is 1.75. The van der Waals surface area contributed by atoms with Gasteiger partial charge in [-0.15, -0.1) is 11.3 Å². The zero-order valence-electron chi connectivity index (χ0n) is 14.3. The summed E-state index contributed by atoms with van der Waals surface area (Å²) in [5, 5.41) is 8.90. The lowest BCUT2D eigenvalue weighted by Crippen LogP contribution is -2.37. The van der Waals surface area contributed by atoms with Gasteiger partial charge in [-0.05, 0) is 12.1 Å². The highest BCUT2D eigenvalue weighted by Gasteiger charge is 2.21. The van der Waals surface area contributed by atoms with E-state index >= 15 is 0 Å². The lowest BCUT2D eigenvalue weighted by atomic mass is 10.1. The van der Waals surface area contributed by atoms with Crippen molar-refractivity contribution < 1.29 is 9.53 Å². The molecule has 3 N–H and O–H groups in total. The highest BCUT2D eigenvalue weighted by atomic mass is 32.1. The van der Waals surface area contributed by atoms with Crippen molar-refractivity contribution in [2.45, 2.75) is 0 Å². The Hall–Kier alpha value is -3.04. The highest BCUT2D eigenvalue weighted by molar-refractivity contribution is 7.20. The van der Waals surface area contributed by atoms with E-state index < -0.39 is 5.91 Å². The Morgan fingerprint density at radius 2 is 2.07 bits per heavy atom. The first-order chi connectivity index (χ1) is 13.2. The van der Waals surface area contributed by atoms with Gasteiger partial charge in [0.25, 0.3) is 5.91 Å². The number of hydrogen-bond acceptors (Lipinski definition) is 7. The molecule has 0 spiro atoms. The molecule has 136 valence electrons. The first-order valence-corrected chi connectivity index (χ1v) is 9.39. The van der Waals surface area contributed by atoms with Crippen LogP contribution in [0.1, 0.15) is 9.67 Å². The third-order valence-corrected chi connectivity index (χ3v) is 5.70. The van der Waals surface area contributed by atoms with Gasteiger partial charge in [0.15, 0.2) is 5.82 Å². The molecule has 1 amide bonds. The average molecular weight is 380 g/mol. The van der Waals surface area contributed by atoms with Gasteiger partial charge < -0.3 is 15.4 Å². The van der Waals surface area contributed by atoms with E-state index in [0.717, 1.165) is 45.6 Å². The molecule has 1 fully saturated rings. The highest BCUT2D eigenvalue weighted by Crippen LogP contribution is 2.35. The van der Waals surface area contributed by atoms with Gasteiger partial charge >= 0.3 is 0 Å². The molecule has 5 rings (SSSR count). The summed E-state index contributed by atoms with van der Waals surface area (Å²) in [6, 6.07) is 7.67. The van der Waals surface area contributed by atoms with Gasteiger partial charge in [-0.3, -0.25) is 9.89 Å². The van der Waals surface area contributed by atoms with Crippen LogP contribution in [0.4, 0.5) is 5.82 Å². The van der Waals surface area contributed by atoms with Crippen LogP contribution in [0.25, 0.3) is 32.5 Å². The van der Waals surface area contributed by atoms with Gasteiger partial charge in [-0.25, -0.2) is 9.97 Å². The molecule has 1 aliphatic rings. The molecule has 1 aromatic carbocycles. The van der Waals surface area contributed by atoms with Gasteiger partial charge in [-0.1, -0.05) is 12.1 Å². The van der Waals surface area contributed by atoms with Crippen LogP contribution in [0, 0.1) is 0 Å². The summed E-state index contributed by atoms with van der Waals surface area (Å²) >= 11 is 1.29. The van der Waals surface area contributed by atoms with Crippen LogP contribution in [-0.2, 0) is 4.74 Å². The number of nitrogens with two attached hydrogens (primary N) is 1. The number of aromatic amines is 1. The predicted octanol–water partition coefficient (Wildman–Crippen LogP) is 2.17. The Labute approximate surface area is 158 Å². The topological polar surface area (TPSA) is 110 Å². The molecule has 9 heteroatoms. The smallest absolute Gasteiger partial charge is 0.258 e. The number of hydrogen-bond donors (Lipinski definition) is 2. The van der Waals surface area contributed by atoms with Crippen LogP contribution in [0.15, 0.2) is 30.5 Å². The minimum atomic E-state index is -0.454. The second kappa shape index (κ2) is 6.29. The molecule has 3 aromatic heterocycles. The maximum atomic E-state index is 11.7. The number of morpholine rings is 1. The van der Waals surface area contributed by atoms with E-state index in [0.29, 0.717) is 23.9 Å². The van der Waals surface area contributed by atoms with Crippen LogP contribution in [-0.4, -0.2) is 52.4 Å². The Morgan fingerprint density at radius 1 is 1.22 bits per heavy atom. The Morgan fingerprint density at radius 3 is 2.89 bits per heavy atom. The van der Waals surface area contributed by atoms with E-state index in [2.05, 4.69) is 15.1 Å². The molecular weight excluding hydrogens is 364 g/mol. The number of H-pyrrole nitrogens is 1. The summed E-state index contributed by atoms with van der Waals surface area (Å²) in [4.78, 5) is 24.7. The summed E-state index contributed by atoms with van der Waals surface area (Å²) in [5.41, 5.74) is 7.31. The predicted molar refractivity (Wildman–Crippen MR) is 104 cm³/mol. The van der Waals surface area contributed by atoms with Crippen molar-refractivity contribution in [2.24, 2.45) is 5.73 Å². The van der Waals surface area contributed by atoms with E-state index in [1.165, 1.54) is 11.3 Å². The molecule has 27 heavy (non-hydrogen) atoms. The molecule has 1 saturated heterocycles. The zero-order chi connectivity index (χ0) is 18.4. The lowest BCUT2D eigenvalue weighted by Gasteiger charge is -2.28. The van der Waals surface area contributed by atoms with E-state index in [1.54, 1.807) is 12.3 Å².